The van der Waals surface area contributed by atoms with Crippen molar-refractivity contribution in [2.45, 2.75) is 51.6 Å². The second-order valence-corrected chi connectivity index (χ2v) is 6.19. The molecule has 0 spiro atoms. The van der Waals surface area contributed by atoms with E-state index in [0.717, 1.165) is 24.4 Å². The fraction of sp³-hybridized carbons (Fsp3) is 0.688. The molecule has 1 aliphatic rings. The van der Waals surface area contributed by atoms with Gasteiger partial charge in [-0.1, -0.05) is 6.42 Å². The largest absolute Gasteiger partial charge is 0.492 e. The number of nitrogens with zero attached hydrogens (tertiary/aromatic N) is 2. The van der Waals surface area contributed by atoms with Gasteiger partial charge >= 0.3 is 0 Å². The van der Waals surface area contributed by atoms with Crippen LogP contribution in [0.5, 0.6) is 5.75 Å². The minimum Gasteiger partial charge on any atom is -0.492 e. The third kappa shape index (κ3) is 3.73. The van der Waals surface area contributed by atoms with E-state index < -0.39 is 0 Å². The summed E-state index contributed by atoms with van der Waals surface area (Å²) in [6, 6.07) is 2.05. The Bertz CT molecular complexity index is 444. The normalized spacial score (nSPS) is 18.5. The van der Waals surface area contributed by atoms with E-state index in [2.05, 4.69) is 29.2 Å². The van der Waals surface area contributed by atoms with Gasteiger partial charge in [0.25, 0.3) is 0 Å². The number of pyridine rings is 1. The molecule has 1 unspecified atom stereocenters. The molecule has 118 valence electrons. The topological polar surface area (TPSA) is 63.4 Å². The molecule has 0 aromatic carbocycles. The van der Waals surface area contributed by atoms with Crippen molar-refractivity contribution >= 4 is 0 Å². The van der Waals surface area contributed by atoms with E-state index >= 15 is 0 Å². The van der Waals surface area contributed by atoms with Crippen LogP contribution >= 0.6 is 0 Å². The third-order valence-corrected chi connectivity index (χ3v) is 4.42. The molecule has 0 aliphatic carbocycles. The Balaban J connectivity index is 2.22. The average Bonchev–Trinajstić information content (AvgIpc) is 2.49. The van der Waals surface area contributed by atoms with Crippen LogP contribution in [0.3, 0.4) is 0 Å². The highest BCUT2D eigenvalue weighted by Gasteiger charge is 2.36. The molecule has 5 heteroatoms. The van der Waals surface area contributed by atoms with E-state index in [9.17, 15) is 0 Å². The Hall–Kier alpha value is -1.17. The predicted molar refractivity (Wildman–Crippen MR) is 85.0 cm³/mol. The number of rotatable bonds is 6. The van der Waals surface area contributed by atoms with E-state index in [1.54, 1.807) is 6.20 Å². The number of hydrogen-bond acceptors (Lipinski definition) is 5. The number of piperidine rings is 1. The van der Waals surface area contributed by atoms with Crippen molar-refractivity contribution in [3.05, 3.63) is 24.0 Å². The smallest absolute Gasteiger partial charge is 0.137 e. The van der Waals surface area contributed by atoms with Gasteiger partial charge in [-0.2, -0.15) is 0 Å². The number of hydrazine groups is 1. The second-order valence-electron chi connectivity index (χ2n) is 6.19. The first-order chi connectivity index (χ1) is 10.1. The van der Waals surface area contributed by atoms with Crippen molar-refractivity contribution in [2.24, 2.45) is 5.84 Å². The summed E-state index contributed by atoms with van der Waals surface area (Å²) in [5.41, 5.74) is 3.99. The van der Waals surface area contributed by atoms with Crippen molar-refractivity contribution < 1.29 is 4.74 Å². The average molecular weight is 292 g/mol. The van der Waals surface area contributed by atoms with Gasteiger partial charge in [0.15, 0.2) is 0 Å². The number of hydrogen-bond donors (Lipinski definition) is 2. The SMILES string of the molecule is CCOc1cncc(C(NN)C(C)(C)N2CCCCC2)c1. The van der Waals surface area contributed by atoms with Crippen LogP contribution in [0, 0.1) is 0 Å². The molecule has 21 heavy (non-hydrogen) atoms. The zero-order valence-electron chi connectivity index (χ0n) is 13.4. The molecule has 0 amide bonds. The molecule has 1 aromatic rings. The Kier molecular flexibility index (Phi) is 5.56. The lowest BCUT2D eigenvalue weighted by molar-refractivity contribution is 0.0606. The monoisotopic (exact) mass is 292 g/mol. The molecular weight excluding hydrogens is 264 g/mol. The summed E-state index contributed by atoms with van der Waals surface area (Å²) in [6.45, 7) is 9.37. The van der Waals surface area contributed by atoms with E-state index in [-0.39, 0.29) is 11.6 Å². The van der Waals surface area contributed by atoms with Crippen LogP contribution in [0.25, 0.3) is 0 Å². The maximum atomic E-state index is 5.88. The van der Waals surface area contributed by atoms with Crippen LogP contribution in [0.2, 0.25) is 0 Å². The Morgan fingerprint density at radius 3 is 2.67 bits per heavy atom. The first-order valence-corrected chi connectivity index (χ1v) is 7.88. The first-order valence-electron chi connectivity index (χ1n) is 7.88. The number of nitrogens with two attached hydrogens (primary N) is 1. The Morgan fingerprint density at radius 2 is 2.05 bits per heavy atom. The van der Waals surface area contributed by atoms with Crippen molar-refractivity contribution in [3.63, 3.8) is 0 Å². The highest BCUT2D eigenvalue weighted by Crippen LogP contribution is 2.33. The molecule has 1 aliphatic heterocycles. The molecule has 2 heterocycles. The zero-order chi connectivity index (χ0) is 15.3. The van der Waals surface area contributed by atoms with Gasteiger partial charge in [-0.15, -0.1) is 0 Å². The van der Waals surface area contributed by atoms with Gasteiger partial charge in [-0.3, -0.25) is 21.2 Å². The highest BCUT2D eigenvalue weighted by molar-refractivity contribution is 5.28. The summed E-state index contributed by atoms with van der Waals surface area (Å²) in [7, 11) is 0. The molecule has 5 nitrogen and oxygen atoms in total. The number of ether oxygens (including phenoxy) is 1. The summed E-state index contributed by atoms with van der Waals surface area (Å²) in [5, 5.41) is 0. The number of nitrogens with one attached hydrogen (secondary N) is 1. The molecule has 0 bridgehead atoms. The van der Waals surface area contributed by atoms with Gasteiger partial charge in [0.05, 0.1) is 18.8 Å². The van der Waals surface area contributed by atoms with E-state index in [4.69, 9.17) is 10.6 Å². The van der Waals surface area contributed by atoms with Crippen molar-refractivity contribution in [1.29, 1.82) is 0 Å². The van der Waals surface area contributed by atoms with Gasteiger partial charge in [-0.25, -0.2) is 0 Å². The number of likely N-dealkylation sites (tertiary alicyclic amines) is 1. The fourth-order valence-electron chi connectivity index (χ4n) is 3.20. The van der Waals surface area contributed by atoms with E-state index in [1.165, 1.54) is 19.3 Å². The summed E-state index contributed by atoms with van der Waals surface area (Å²) < 4.78 is 5.55. The number of aromatic nitrogens is 1. The molecule has 3 N–H and O–H groups in total. The van der Waals surface area contributed by atoms with Gasteiger partial charge in [0.2, 0.25) is 0 Å². The molecular formula is C16H28N4O. The molecule has 1 atom stereocenters. The third-order valence-electron chi connectivity index (χ3n) is 4.42. The lowest BCUT2D eigenvalue weighted by Crippen LogP contribution is -2.55. The predicted octanol–water partition coefficient (Wildman–Crippen LogP) is 2.25. The Morgan fingerprint density at radius 1 is 1.33 bits per heavy atom. The summed E-state index contributed by atoms with van der Waals surface area (Å²) >= 11 is 0. The molecule has 2 rings (SSSR count). The van der Waals surface area contributed by atoms with Gasteiger partial charge in [0, 0.05) is 11.7 Å². The van der Waals surface area contributed by atoms with Crippen LogP contribution in [0.4, 0.5) is 0 Å². The van der Waals surface area contributed by atoms with Crippen LogP contribution in [-0.2, 0) is 0 Å². The van der Waals surface area contributed by atoms with Crippen LogP contribution in [0.1, 0.15) is 51.6 Å². The summed E-state index contributed by atoms with van der Waals surface area (Å²) in [5.74, 6) is 6.67. The minimum absolute atomic E-state index is 0.0171. The van der Waals surface area contributed by atoms with Crippen LogP contribution in [0.15, 0.2) is 18.5 Å². The van der Waals surface area contributed by atoms with Crippen LogP contribution < -0.4 is 16.0 Å². The molecule has 0 radical (unpaired) electrons. The van der Waals surface area contributed by atoms with E-state index in [0.29, 0.717) is 6.61 Å². The standard InChI is InChI=1S/C16H28N4O/c1-4-21-14-10-13(11-18-12-14)15(19-17)16(2,3)20-8-6-5-7-9-20/h10-12,15,19H,4-9,17H2,1-3H3. The molecule has 1 aromatic heterocycles. The fourth-order valence-corrected chi connectivity index (χ4v) is 3.20. The van der Waals surface area contributed by atoms with Crippen molar-refractivity contribution in [1.82, 2.24) is 15.3 Å². The second kappa shape index (κ2) is 7.20. The minimum atomic E-state index is -0.0678. The molecule has 0 saturated carbocycles. The first kappa shape index (κ1) is 16.2. The summed E-state index contributed by atoms with van der Waals surface area (Å²) in [4.78, 5) is 6.81. The molecule has 1 saturated heterocycles. The lowest BCUT2D eigenvalue weighted by Gasteiger charge is -2.45. The molecule has 1 fully saturated rings. The van der Waals surface area contributed by atoms with Gasteiger partial charge in [0.1, 0.15) is 5.75 Å². The Labute approximate surface area is 127 Å². The van der Waals surface area contributed by atoms with E-state index in [1.807, 2.05) is 19.2 Å². The van der Waals surface area contributed by atoms with Crippen molar-refractivity contribution in [2.75, 3.05) is 19.7 Å². The van der Waals surface area contributed by atoms with Gasteiger partial charge < -0.3 is 4.74 Å². The van der Waals surface area contributed by atoms with Crippen LogP contribution in [-0.4, -0.2) is 35.1 Å². The maximum Gasteiger partial charge on any atom is 0.137 e. The van der Waals surface area contributed by atoms with Gasteiger partial charge in [-0.05, 0) is 58.3 Å². The lowest BCUT2D eigenvalue weighted by atomic mass is 9.86. The quantitative estimate of drug-likeness (QED) is 0.622. The van der Waals surface area contributed by atoms with Crippen molar-refractivity contribution in [3.8, 4) is 5.75 Å². The zero-order valence-corrected chi connectivity index (χ0v) is 13.4. The maximum absolute atomic E-state index is 5.88. The summed E-state index contributed by atoms with van der Waals surface area (Å²) in [6.07, 6.45) is 7.47. The highest BCUT2D eigenvalue weighted by atomic mass is 16.5.